The lowest BCUT2D eigenvalue weighted by molar-refractivity contribution is 0.0969. The summed E-state index contributed by atoms with van der Waals surface area (Å²) in [7, 11) is -3.56. The van der Waals surface area contributed by atoms with Gasteiger partial charge in [0.2, 0.25) is 15.0 Å². The first-order valence-corrected chi connectivity index (χ1v) is 10.1. The van der Waals surface area contributed by atoms with Crippen LogP contribution in [0.4, 0.5) is 0 Å². The van der Waals surface area contributed by atoms with Gasteiger partial charge in [-0.05, 0) is 32.0 Å². The molecule has 7 heteroatoms. The number of ketones is 1. The molecule has 2 aromatic heterocycles. The maximum absolute atomic E-state index is 12.9. The number of rotatable bonds is 6. The molecule has 0 atom stereocenters. The third kappa shape index (κ3) is 3.10. The van der Waals surface area contributed by atoms with Crippen LogP contribution in [0.5, 0.6) is 0 Å². The number of carbonyl (C=O) groups is 1. The van der Waals surface area contributed by atoms with Gasteiger partial charge >= 0.3 is 0 Å². The van der Waals surface area contributed by atoms with Gasteiger partial charge in [-0.3, -0.25) is 4.79 Å². The van der Waals surface area contributed by atoms with E-state index in [1.165, 1.54) is 4.57 Å². The average Bonchev–Trinajstić information content (AvgIpc) is 3.08. The number of sulfone groups is 1. The number of benzene rings is 1. The predicted molar refractivity (Wildman–Crippen MR) is 101 cm³/mol. The number of carbonyl (C=O) groups excluding carboxylic acids is 1. The molecule has 0 amide bonds. The van der Waals surface area contributed by atoms with E-state index in [1.807, 2.05) is 24.5 Å². The second-order valence-electron chi connectivity index (χ2n) is 6.35. The lowest BCUT2D eigenvalue weighted by Crippen LogP contribution is -2.16. The largest absolute Gasteiger partial charge is 0.345 e. The third-order valence-electron chi connectivity index (χ3n) is 4.44. The maximum atomic E-state index is 12.9. The van der Waals surface area contributed by atoms with Crippen molar-refractivity contribution in [2.45, 2.75) is 32.1 Å². The number of hydrogen-bond donors (Lipinski definition) is 0. The zero-order chi connectivity index (χ0) is 19.1. The Kier molecular flexibility index (Phi) is 4.58. The van der Waals surface area contributed by atoms with Gasteiger partial charge in [-0.2, -0.15) is 0 Å². The number of Topliss-reactive ketones (excluding diaryl/α,β-unsaturated/α-hetero) is 1. The molecule has 136 valence electrons. The topological polar surface area (TPSA) is 74.0 Å². The van der Waals surface area contributed by atoms with Crippen LogP contribution in [0.1, 0.15) is 21.7 Å². The minimum absolute atomic E-state index is 0.0820. The van der Waals surface area contributed by atoms with Crippen molar-refractivity contribution < 1.29 is 13.2 Å². The molecule has 0 radical (unpaired) electrons. The van der Waals surface area contributed by atoms with E-state index >= 15 is 0 Å². The van der Waals surface area contributed by atoms with Gasteiger partial charge in [0.15, 0.2) is 5.78 Å². The summed E-state index contributed by atoms with van der Waals surface area (Å²) in [6.07, 6.45) is 2.88. The highest BCUT2D eigenvalue weighted by atomic mass is 32.2. The molecule has 0 unspecified atom stereocenters. The summed E-state index contributed by atoms with van der Waals surface area (Å²) in [5.74, 6) is -0.151. The Balaban J connectivity index is 2.08. The van der Waals surface area contributed by atoms with Crippen molar-refractivity contribution >= 4 is 26.7 Å². The molecule has 26 heavy (non-hydrogen) atoms. The number of allylic oxidation sites excluding steroid dienone is 1. The van der Waals surface area contributed by atoms with Crippen molar-refractivity contribution in [3.63, 3.8) is 0 Å². The Bertz CT molecular complexity index is 1120. The molecule has 3 aromatic rings. The summed E-state index contributed by atoms with van der Waals surface area (Å²) < 4.78 is 27.8. The van der Waals surface area contributed by atoms with Crippen molar-refractivity contribution in [2.24, 2.45) is 0 Å². The molecule has 0 aliphatic rings. The zero-order valence-electron chi connectivity index (χ0n) is 15.1. The van der Waals surface area contributed by atoms with Crippen LogP contribution in [0.25, 0.3) is 11.0 Å². The highest BCUT2D eigenvalue weighted by Crippen LogP contribution is 2.22. The van der Waals surface area contributed by atoms with Crippen LogP contribution in [0.3, 0.4) is 0 Å². The first-order chi connectivity index (χ1) is 12.2. The lowest BCUT2D eigenvalue weighted by Gasteiger charge is -2.09. The highest BCUT2D eigenvalue weighted by Gasteiger charge is 2.23. The van der Waals surface area contributed by atoms with Crippen LogP contribution in [-0.4, -0.2) is 34.6 Å². The number of aryl methyl sites for hydroxylation is 1. The summed E-state index contributed by atoms with van der Waals surface area (Å²) in [6.45, 7) is 8.09. The first kappa shape index (κ1) is 18.1. The van der Waals surface area contributed by atoms with E-state index in [-0.39, 0.29) is 17.5 Å². The molecule has 0 aliphatic carbocycles. The molecular formula is C19H21N3O3S. The Morgan fingerprint density at radius 2 is 1.92 bits per heavy atom. The van der Waals surface area contributed by atoms with E-state index in [0.29, 0.717) is 23.1 Å². The number of para-hydroxylation sites is 2. The van der Waals surface area contributed by atoms with Gasteiger partial charge in [-0.1, -0.05) is 18.2 Å². The Labute approximate surface area is 152 Å². The van der Waals surface area contributed by atoms with Gasteiger partial charge in [-0.25, -0.2) is 13.4 Å². The fraction of sp³-hybridized carbons (Fsp3) is 0.263. The molecule has 0 aliphatic heterocycles. The Morgan fingerprint density at radius 1 is 1.23 bits per heavy atom. The molecule has 2 heterocycles. The fourth-order valence-electron chi connectivity index (χ4n) is 3.21. The molecular weight excluding hydrogens is 350 g/mol. The molecule has 0 saturated heterocycles. The summed E-state index contributed by atoms with van der Waals surface area (Å²) >= 11 is 0. The second-order valence-corrected chi connectivity index (χ2v) is 8.26. The van der Waals surface area contributed by atoms with Crippen molar-refractivity contribution in [1.82, 2.24) is 14.1 Å². The first-order valence-electron chi connectivity index (χ1n) is 8.20. The lowest BCUT2D eigenvalue weighted by atomic mass is 10.1. The fourth-order valence-corrected chi connectivity index (χ4v) is 4.04. The van der Waals surface area contributed by atoms with E-state index in [9.17, 15) is 13.2 Å². The van der Waals surface area contributed by atoms with Crippen molar-refractivity contribution in [1.29, 1.82) is 0 Å². The molecule has 0 bridgehead atoms. The second kappa shape index (κ2) is 6.57. The highest BCUT2D eigenvalue weighted by molar-refractivity contribution is 7.90. The van der Waals surface area contributed by atoms with Gasteiger partial charge < -0.3 is 9.13 Å². The van der Waals surface area contributed by atoms with E-state index in [2.05, 4.69) is 11.6 Å². The van der Waals surface area contributed by atoms with E-state index in [1.54, 1.807) is 30.3 Å². The molecule has 0 saturated carbocycles. The van der Waals surface area contributed by atoms with Crippen LogP contribution in [-0.2, 0) is 22.9 Å². The standard InChI is InChI=1S/C19H21N3O3S/c1-5-10-21-13(2)11-15(14(21)3)18(23)12-22-17-9-7-6-8-16(17)20-19(22)26(4,24)25/h5-9,11H,1,10,12H2,2-4H3. The number of imidazole rings is 1. The Morgan fingerprint density at radius 3 is 2.58 bits per heavy atom. The number of nitrogens with zero attached hydrogens (tertiary/aromatic N) is 3. The number of aromatic nitrogens is 3. The molecule has 0 N–H and O–H groups in total. The van der Waals surface area contributed by atoms with Crippen LogP contribution in [0.15, 0.2) is 48.1 Å². The van der Waals surface area contributed by atoms with Gasteiger partial charge in [0.25, 0.3) is 0 Å². The van der Waals surface area contributed by atoms with E-state index in [4.69, 9.17) is 0 Å². The SMILES string of the molecule is C=CCn1c(C)cc(C(=O)Cn2c(S(C)(=O)=O)nc3ccccc32)c1C. The third-order valence-corrected chi connectivity index (χ3v) is 5.41. The van der Waals surface area contributed by atoms with Crippen molar-refractivity contribution in [3.05, 3.63) is 59.9 Å². The molecule has 0 fully saturated rings. The van der Waals surface area contributed by atoms with Crippen LogP contribution < -0.4 is 0 Å². The normalized spacial score (nSPS) is 11.8. The van der Waals surface area contributed by atoms with E-state index in [0.717, 1.165) is 17.6 Å². The van der Waals surface area contributed by atoms with E-state index < -0.39 is 9.84 Å². The van der Waals surface area contributed by atoms with Crippen molar-refractivity contribution in [2.75, 3.05) is 6.26 Å². The van der Waals surface area contributed by atoms with Gasteiger partial charge in [-0.15, -0.1) is 6.58 Å². The summed E-state index contributed by atoms with van der Waals surface area (Å²) in [5, 5.41) is -0.0908. The van der Waals surface area contributed by atoms with Gasteiger partial charge in [0.1, 0.15) is 0 Å². The molecule has 6 nitrogen and oxygen atoms in total. The minimum Gasteiger partial charge on any atom is -0.345 e. The quantitative estimate of drug-likeness (QED) is 0.493. The van der Waals surface area contributed by atoms with Crippen LogP contribution in [0.2, 0.25) is 0 Å². The maximum Gasteiger partial charge on any atom is 0.228 e. The molecule has 0 spiro atoms. The summed E-state index contributed by atoms with van der Waals surface area (Å²) in [5.41, 5.74) is 3.57. The monoisotopic (exact) mass is 371 g/mol. The van der Waals surface area contributed by atoms with Gasteiger partial charge in [0.05, 0.1) is 17.6 Å². The summed E-state index contributed by atoms with van der Waals surface area (Å²) in [4.78, 5) is 17.2. The van der Waals surface area contributed by atoms with Crippen LogP contribution in [0, 0.1) is 13.8 Å². The zero-order valence-corrected chi connectivity index (χ0v) is 15.9. The molecule has 3 rings (SSSR count). The smallest absolute Gasteiger partial charge is 0.228 e. The van der Waals surface area contributed by atoms with Crippen molar-refractivity contribution in [3.8, 4) is 0 Å². The summed E-state index contributed by atoms with van der Waals surface area (Å²) in [6, 6.07) is 8.93. The number of hydrogen-bond acceptors (Lipinski definition) is 4. The Hall–Kier alpha value is -2.67. The van der Waals surface area contributed by atoms with Gasteiger partial charge in [0, 0.05) is 29.8 Å². The molecule has 1 aromatic carbocycles. The van der Waals surface area contributed by atoms with Crippen LogP contribution >= 0.6 is 0 Å². The predicted octanol–water partition coefficient (Wildman–Crippen LogP) is 2.93. The minimum atomic E-state index is -3.56. The number of fused-ring (bicyclic) bond motifs is 1. The average molecular weight is 371 g/mol.